The summed E-state index contributed by atoms with van der Waals surface area (Å²) in [7, 11) is 0. The summed E-state index contributed by atoms with van der Waals surface area (Å²) in [6.07, 6.45) is 1.21. The Kier molecular flexibility index (Phi) is 4.94. The second-order valence-corrected chi connectivity index (χ2v) is 6.64. The van der Waals surface area contributed by atoms with Crippen LogP contribution in [0.15, 0.2) is 52.2 Å². The second kappa shape index (κ2) is 7.17. The van der Waals surface area contributed by atoms with Crippen LogP contribution in [0.5, 0.6) is 0 Å². The standard InChI is InChI=1S/C18H21N3O5/c1-18(25)12-20(17(24)26-11-13-5-3-2-4-6-13)9-7-14(18)21-10-8-15(22)19-16(21)23/h2-6,8,10,14,25H,7,9,11-12H2,1H3,(H,19,22,23)/t14-,18-/m1/s1. The molecule has 1 aromatic heterocycles. The highest BCUT2D eigenvalue weighted by molar-refractivity contribution is 5.68. The van der Waals surface area contributed by atoms with Gasteiger partial charge < -0.3 is 14.7 Å². The van der Waals surface area contributed by atoms with E-state index in [4.69, 9.17) is 4.74 Å². The minimum Gasteiger partial charge on any atom is -0.445 e. The van der Waals surface area contributed by atoms with Gasteiger partial charge in [-0.2, -0.15) is 0 Å². The number of benzene rings is 1. The van der Waals surface area contributed by atoms with Crippen molar-refractivity contribution in [3.8, 4) is 0 Å². The van der Waals surface area contributed by atoms with E-state index in [0.717, 1.165) is 5.56 Å². The number of hydrogen-bond acceptors (Lipinski definition) is 5. The fraction of sp³-hybridized carbons (Fsp3) is 0.389. The molecule has 0 spiro atoms. The van der Waals surface area contributed by atoms with Crippen molar-refractivity contribution in [2.24, 2.45) is 0 Å². The number of H-pyrrole nitrogens is 1. The largest absolute Gasteiger partial charge is 0.445 e. The third kappa shape index (κ3) is 3.85. The van der Waals surface area contributed by atoms with Crippen LogP contribution in [0.3, 0.4) is 0 Å². The topological polar surface area (TPSA) is 105 Å². The fourth-order valence-electron chi connectivity index (χ4n) is 3.24. The Morgan fingerprint density at radius 2 is 2.04 bits per heavy atom. The number of β-amino-alcohol motifs (C(OH)–C–C–N with tert-alkyl or cyclic N) is 1. The molecule has 138 valence electrons. The quantitative estimate of drug-likeness (QED) is 0.846. The Balaban J connectivity index is 1.67. The van der Waals surface area contributed by atoms with Gasteiger partial charge in [-0.3, -0.25) is 14.3 Å². The molecule has 1 fully saturated rings. The van der Waals surface area contributed by atoms with Crippen LogP contribution < -0.4 is 11.2 Å². The summed E-state index contributed by atoms with van der Waals surface area (Å²) in [4.78, 5) is 39.1. The fourth-order valence-corrected chi connectivity index (χ4v) is 3.24. The number of aliphatic hydroxyl groups is 1. The van der Waals surface area contributed by atoms with Crippen molar-refractivity contribution < 1.29 is 14.6 Å². The number of amides is 1. The SMILES string of the molecule is C[C@@]1(O)CN(C(=O)OCc2ccccc2)CC[C@H]1n1ccc(=O)[nH]c1=O. The van der Waals surface area contributed by atoms with Crippen LogP contribution in [-0.4, -0.2) is 44.3 Å². The van der Waals surface area contributed by atoms with E-state index in [9.17, 15) is 19.5 Å². The van der Waals surface area contributed by atoms with Gasteiger partial charge in [0, 0.05) is 18.8 Å². The Morgan fingerprint density at radius 1 is 1.31 bits per heavy atom. The van der Waals surface area contributed by atoms with E-state index >= 15 is 0 Å². The number of carbonyl (C=O) groups is 1. The Bertz CT molecular complexity index is 887. The van der Waals surface area contributed by atoms with Gasteiger partial charge >= 0.3 is 11.8 Å². The van der Waals surface area contributed by atoms with E-state index < -0.39 is 29.0 Å². The maximum Gasteiger partial charge on any atom is 0.410 e. The summed E-state index contributed by atoms with van der Waals surface area (Å²) in [6.45, 7) is 2.07. The molecule has 2 heterocycles. The van der Waals surface area contributed by atoms with Crippen LogP contribution in [0.1, 0.15) is 24.9 Å². The molecule has 1 aliphatic rings. The number of aromatic nitrogens is 2. The van der Waals surface area contributed by atoms with Crippen molar-refractivity contribution in [2.45, 2.75) is 31.6 Å². The molecule has 1 saturated heterocycles. The average molecular weight is 359 g/mol. The lowest BCUT2D eigenvalue weighted by atomic mass is 9.89. The first-order chi connectivity index (χ1) is 12.4. The highest BCUT2D eigenvalue weighted by Gasteiger charge is 2.41. The van der Waals surface area contributed by atoms with Crippen LogP contribution >= 0.6 is 0 Å². The maximum absolute atomic E-state index is 12.3. The summed E-state index contributed by atoms with van der Waals surface area (Å²) in [5.74, 6) is 0. The van der Waals surface area contributed by atoms with Crippen molar-refractivity contribution in [3.63, 3.8) is 0 Å². The van der Waals surface area contributed by atoms with Gasteiger partial charge in [0.15, 0.2) is 0 Å². The molecule has 2 aromatic rings. The van der Waals surface area contributed by atoms with Crippen LogP contribution in [0.2, 0.25) is 0 Å². The van der Waals surface area contributed by atoms with Gasteiger partial charge in [0.25, 0.3) is 5.56 Å². The Hall–Kier alpha value is -2.87. The van der Waals surface area contributed by atoms with Gasteiger partial charge in [-0.15, -0.1) is 0 Å². The summed E-state index contributed by atoms with van der Waals surface area (Å²) >= 11 is 0. The van der Waals surface area contributed by atoms with Gasteiger partial charge in [0.1, 0.15) is 12.2 Å². The number of nitrogens with zero attached hydrogens (tertiary/aromatic N) is 2. The van der Waals surface area contributed by atoms with Gasteiger partial charge in [-0.25, -0.2) is 9.59 Å². The highest BCUT2D eigenvalue weighted by Crippen LogP contribution is 2.30. The number of carbonyl (C=O) groups excluding carboxylic acids is 1. The number of rotatable bonds is 3. The van der Waals surface area contributed by atoms with Crippen molar-refractivity contribution in [3.05, 3.63) is 69.0 Å². The lowest BCUT2D eigenvalue weighted by Gasteiger charge is -2.42. The predicted molar refractivity (Wildman–Crippen MR) is 93.8 cm³/mol. The zero-order valence-corrected chi connectivity index (χ0v) is 14.4. The van der Waals surface area contributed by atoms with E-state index in [-0.39, 0.29) is 13.2 Å². The van der Waals surface area contributed by atoms with E-state index in [1.165, 1.54) is 21.7 Å². The normalized spacial score (nSPS) is 22.8. The van der Waals surface area contributed by atoms with Crippen molar-refractivity contribution >= 4 is 6.09 Å². The number of nitrogens with one attached hydrogen (secondary N) is 1. The summed E-state index contributed by atoms with van der Waals surface area (Å²) in [6, 6.07) is 10.0. The van der Waals surface area contributed by atoms with Crippen molar-refractivity contribution in [2.75, 3.05) is 13.1 Å². The maximum atomic E-state index is 12.3. The molecule has 1 aromatic carbocycles. The van der Waals surface area contributed by atoms with Gasteiger partial charge in [0.2, 0.25) is 0 Å². The van der Waals surface area contributed by atoms with Crippen LogP contribution in [0.4, 0.5) is 4.79 Å². The molecular weight excluding hydrogens is 338 g/mol. The van der Waals surface area contributed by atoms with Crippen molar-refractivity contribution in [1.82, 2.24) is 14.5 Å². The number of ether oxygens (including phenoxy) is 1. The zero-order chi connectivity index (χ0) is 18.7. The van der Waals surface area contributed by atoms with Gasteiger partial charge in [0.05, 0.1) is 12.6 Å². The van der Waals surface area contributed by atoms with E-state index in [2.05, 4.69) is 4.98 Å². The van der Waals surface area contributed by atoms with Gasteiger partial charge in [-0.1, -0.05) is 30.3 Å². The number of likely N-dealkylation sites (tertiary alicyclic amines) is 1. The zero-order valence-electron chi connectivity index (χ0n) is 14.4. The molecule has 3 rings (SSSR count). The third-order valence-electron chi connectivity index (χ3n) is 4.55. The molecule has 26 heavy (non-hydrogen) atoms. The molecule has 2 N–H and O–H groups in total. The van der Waals surface area contributed by atoms with Crippen LogP contribution in [0.25, 0.3) is 0 Å². The molecule has 1 amide bonds. The molecule has 8 nitrogen and oxygen atoms in total. The molecular formula is C18H21N3O5. The molecule has 8 heteroatoms. The summed E-state index contributed by atoms with van der Waals surface area (Å²) < 4.78 is 6.60. The second-order valence-electron chi connectivity index (χ2n) is 6.64. The summed E-state index contributed by atoms with van der Waals surface area (Å²) in [5, 5.41) is 10.8. The summed E-state index contributed by atoms with van der Waals surface area (Å²) in [5.41, 5.74) is -1.54. The lowest BCUT2D eigenvalue weighted by molar-refractivity contribution is -0.0556. The number of hydrogen-bond donors (Lipinski definition) is 2. The Labute approximate surface area is 149 Å². The van der Waals surface area contributed by atoms with Crippen LogP contribution in [-0.2, 0) is 11.3 Å². The predicted octanol–water partition coefficient (Wildman–Crippen LogP) is 0.871. The number of piperidine rings is 1. The molecule has 1 aliphatic heterocycles. The first kappa shape index (κ1) is 17.9. The third-order valence-corrected chi connectivity index (χ3v) is 4.55. The van der Waals surface area contributed by atoms with E-state index in [1.54, 1.807) is 6.92 Å². The molecule has 0 aliphatic carbocycles. The molecule has 2 atom stereocenters. The highest BCUT2D eigenvalue weighted by atomic mass is 16.6. The van der Waals surface area contributed by atoms with Gasteiger partial charge in [-0.05, 0) is 18.9 Å². The van der Waals surface area contributed by atoms with E-state index in [1.807, 2.05) is 30.3 Å². The van der Waals surface area contributed by atoms with Crippen LogP contribution in [0, 0.1) is 0 Å². The van der Waals surface area contributed by atoms with E-state index in [0.29, 0.717) is 13.0 Å². The smallest absolute Gasteiger partial charge is 0.410 e. The lowest BCUT2D eigenvalue weighted by Crippen LogP contribution is -2.56. The minimum absolute atomic E-state index is 0.0247. The Morgan fingerprint density at radius 3 is 2.69 bits per heavy atom. The monoisotopic (exact) mass is 359 g/mol. The van der Waals surface area contributed by atoms with Crippen molar-refractivity contribution in [1.29, 1.82) is 0 Å². The minimum atomic E-state index is -1.34. The number of aromatic amines is 1. The molecule has 0 radical (unpaired) electrons. The molecule has 0 saturated carbocycles. The molecule has 0 bridgehead atoms. The average Bonchev–Trinajstić information content (AvgIpc) is 2.60. The molecule has 0 unspecified atom stereocenters. The first-order valence-electron chi connectivity index (χ1n) is 8.36. The first-order valence-corrected chi connectivity index (χ1v) is 8.36.